The van der Waals surface area contributed by atoms with E-state index in [0.29, 0.717) is 62.2 Å². The molecule has 4 heterocycles. The molecule has 12 nitrogen and oxygen atoms in total. The van der Waals surface area contributed by atoms with Crippen molar-refractivity contribution in [1.82, 2.24) is 0 Å². The maximum absolute atomic E-state index is 12.6. The first-order valence-corrected chi connectivity index (χ1v) is 21.0. The molecule has 4 aliphatic heterocycles. The number of Topliss-reactive ketones (excluding diaryl/α,β-unsaturated/α-hetero) is 1. The Kier molecular flexibility index (Phi) is 8.86. The molecule has 2 aromatic rings. The van der Waals surface area contributed by atoms with E-state index < -0.39 is 59.9 Å². The maximum Gasteiger partial charge on any atom is 0.335 e. The summed E-state index contributed by atoms with van der Waals surface area (Å²) >= 11 is 0. The number of ether oxygens (including phenoxy) is 4. The van der Waals surface area contributed by atoms with E-state index in [1.54, 1.807) is 13.0 Å². The number of aliphatic hydroxyl groups is 4. The second-order valence-electron chi connectivity index (χ2n) is 18.8. The number of rotatable bonds is 6. The van der Waals surface area contributed by atoms with Crippen LogP contribution in [0.5, 0.6) is 11.5 Å². The summed E-state index contributed by atoms with van der Waals surface area (Å²) in [6.07, 6.45) is 4.07. The number of phenols is 1. The van der Waals surface area contributed by atoms with E-state index >= 15 is 0 Å². The average Bonchev–Trinajstić information content (AvgIpc) is 3.75. The summed E-state index contributed by atoms with van der Waals surface area (Å²) in [5.41, 5.74) is 2.39. The van der Waals surface area contributed by atoms with Gasteiger partial charge in [-0.05, 0) is 141 Å². The Bertz CT molecular complexity index is 2100. The highest BCUT2D eigenvalue weighted by molar-refractivity contribution is 6.08. The molecule has 57 heavy (non-hydrogen) atoms. The van der Waals surface area contributed by atoms with Crippen molar-refractivity contribution in [1.29, 1.82) is 0 Å². The Morgan fingerprint density at radius 3 is 2.56 bits per heavy atom. The van der Waals surface area contributed by atoms with Crippen LogP contribution in [0.15, 0.2) is 41.0 Å². The summed E-state index contributed by atoms with van der Waals surface area (Å²) in [7, 11) is 0. The third-order valence-electron chi connectivity index (χ3n) is 15.9. The Labute approximate surface area is 331 Å². The molecule has 12 atom stereocenters. The average molecular weight is 787 g/mol. The minimum absolute atomic E-state index is 0.0500. The van der Waals surface area contributed by atoms with Gasteiger partial charge in [0.1, 0.15) is 35.4 Å². The zero-order chi connectivity index (χ0) is 39.8. The Balaban J connectivity index is 1.07. The van der Waals surface area contributed by atoms with Crippen molar-refractivity contribution < 1.29 is 59.2 Å². The van der Waals surface area contributed by atoms with Crippen LogP contribution in [0.2, 0.25) is 0 Å². The van der Waals surface area contributed by atoms with Crippen LogP contribution in [0, 0.1) is 41.4 Å². The summed E-state index contributed by atoms with van der Waals surface area (Å²) in [4.78, 5) is 24.9. The molecule has 3 saturated heterocycles. The van der Waals surface area contributed by atoms with Crippen molar-refractivity contribution in [2.24, 2.45) is 34.5 Å². The lowest BCUT2D eigenvalue weighted by Gasteiger charge is -2.64. The van der Waals surface area contributed by atoms with Crippen molar-refractivity contribution in [2.45, 2.75) is 127 Å². The number of phenolic OH excluding ortho intramolecular Hbond substituents is 1. The van der Waals surface area contributed by atoms with E-state index in [0.717, 1.165) is 18.4 Å². The number of hydrogen-bond acceptors (Lipinski definition) is 11. The third-order valence-corrected chi connectivity index (χ3v) is 15.9. The van der Waals surface area contributed by atoms with E-state index in [1.165, 1.54) is 55.9 Å². The molecule has 0 amide bonds. The Hall–Kier alpha value is -3.36. The normalized spacial score (nSPS) is 40.1. The molecular formula is C45H54O12. The van der Waals surface area contributed by atoms with E-state index in [2.05, 4.69) is 6.08 Å². The smallest absolute Gasteiger partial charge is 0.335 e. The quantitative estimate of drug-likeness (QED) is 0.212. The zero-order valence-corrected chi connectivity index (χ0v) is 32.6. The number of carboxylic acids is 1. The number of aliphatic hydroxyl groups excluding tert-OH is 4. The van der Waals surface area contributed by atoms with Gasteiger partial charge < -0.3 is 49.6 Å². The molecule has 306 valence electrons. The highest BCUT2D eigenvalue weighted by Gasteiger charge is 2.69. The van der Waals surface area contributed by atoms with Crippen LogP contribution in [0.4, 0.5) is 0 Å². The molecule has 2 bridgehead atoms. The van der Waals surface area contributed by atoms with Gasteiger partial charge >= 0.3 is 5.97 Å². The third kappa shape index (κ3) is 5.36. The molecule has 8 aliphatic rings. The minimum atomic E-state index is -1.71. The number of fused-ring (bicyclic) bond motifs is 5. The van der Waals surface area contributed by atoms with Crippen LogP contribution in [0.1, 0.15) is 104 Å². The molecule has 6 fully saturated rings. The molecular weight excluding hydrogens is 732 g/mol. The molecule has 3 saturated carbocycles. The van der Waals surface area contributed by atoms with Crippen molar-refractivity contribution in [3.05, 3.63) is 57.7 Å². The van der Waals surface area contributed by atoms with Gasteiger partial charge in [-0.25, -0.2) is 4.79 Å². The predicted molar refractivity (Wildman–Crippen MR) is 205 cm³/mol. The van der Waals surface area contributed by atoms with E-state index in [-0.39, 0.29) is 57.5 Å². The molecule has 0 unspecified atom stereocenters. The first-order valence-electron chi connectivity index (χ1n) is 21.0. The van der Waals surface area contributed by atoms with Gasteiger partial charge in [-0.15, -0.1) is 0 Å². The van der Waals surface area contributed by atoms with Gasteiger partial charge in [0.15, 0.2) is 5.78 Å². The van der Waals surface area contributed by atoms with Gasteiger partial charge in [-0.1, -0.05) is 25.0 Å². The highest BCUT2D eigenvalue weighted by atomic mass is 16.7. The number of aryl methyl sites for hydroxylation is 1. The van der Waals surface area contributed by atoms with Gasteiger partial charge in [0.25, 0.3) is 0 Å². The van der Waals surface area contributed by atoms with Crippen molar-refractivity contribution in [3.8, 4) is 11.5 Å². The minimum Gasteiger partial charge on any atom is -0.506 e. The molecule has 6 N–H and O–H groups in total. The van der Waals surface area contributed by atoms with Crippen molar-refractivity contribution in [3.63, 3.8) is 0 Å². The van der Waals surface area contributed by atoms with Crippen LogP contribution >= 0.6 is 0 Å². The summed E-state index contributed by atoms with van der Waals surface area (Å²) in [6.45, 7) is 4.29. The number of allylic oxidation sites excluding steroid dienone is 2. The molecule has 2 aromatic carbocycles. The van der Waals surface area contributed by atoms with Gasteiger partial charge in [0, 0.05) is 18.6 Å². The van der Waals surface area contributed by atoms with E-state index in [1.807, 2.05) is 0 Å². The highest BCUT2D eigenvalue weighted by Crippen LogP contribution is 2.71. The number of carbonyl (C=O) groups is 2. The number of hydrogen-bond donors (Lipinski definition) is 6. The van der Waals surface area contributed by atoms with Crippen molar-refractivity contribution in [2.75, 3.05) is 19.8 Å². The molecule has 4 aliphatic carbocycles. The second-order valence-corrected chi connectivity index (χ2v) is 18.8. The number of aromatic carboxylic acids is 1. The fraction of sp³-hybridized carbons (Fsp3) is 0.644. The Morgan fingerprint density at radius 1 is 1.04 bits per heavy atom. The van der Waals surface area contributed by atoms with Gasteiger partial charge in [0.2, 0.25) is 6.29 Å². The largest absolute Gasteiger partial charge is 0.506 e. The molecule has 2 spiro atoms. The van der Waals surface area contributed by atoms with Crippen LogP contribution in [-0.2, 0) is 14.2 Å². The van der Waals surface area contributed by atoms with Gasteiger partial charge in [-0.3, -0.25) is 4.79 Å². The number of benzene rings is 2. The lowest BCUT2D eigenvalue weighted by molar-refractivity contribution is -0.336. The summed E-state index contributed by atoms with van der Waals surface area (Å²) in [5.74, 6) is -1.45. The molecule has 0 radical (unpaired) electrons. The maximum atomic E-state index is 12.6. The molecule has 0 aromatic heterocycles. The standard InChI is InChI=1S/C45H54O12/c1-21-13-23-14-24(41(52)53)15-32(34(23)37(49)33(21)22(2)47)55-42-38(50)39(51)45-18-27-28-17-43(9-3-4-10-43)16-25-19-54-20-44(11-12-46,36(25)28)29-6-5-26(35(27)29)31(57-45)8-7-30(48)40(45)56-42/h6,13-15,25,27-28,30-31,36,38-40,42,46,48-51H,3-5,7-12,16-20H2,1-2H3,(H,52,53)/t25-,27-,28-,30+,31-,36+,38-,39-,40-,42+,44+,45+/m1/s1. The first-order chi connectivity index (χ1) is 27.3. The zero-order valence-electron chi connectivity index (χ0n) is 32.6. The SMILES string of the molecule is CC(=O)c1c(C)cc2cc(C(=O)O)cc(O[C@H]3O[C@@H]4[C@@H](O)CC[C@H]5O[C@@]4(C[C@H]4C6=C5CC=C6[C@]5(CCO)COC[C@H]6CC7(CCCC7)C[C@H]4[C@H]65)[C@H](O)[C@H]3O)c2c1O. The van der Waals surface area contributed by atoms with Crippen LogP contribution in [-0.4, -0.2) is 105 Å². The summed E-state index contributed by atoms with van der Waals surface area (Å²) in [6, 6.07) is 4.17. The van der Waals surface area contributed by atoms with Crippen LogP contribution in [0.25, 0.3) is 10.8 Å². The summed E-state index contributed by atoms with van der Waals surface area (Å²) in [5, 5.41) is 69.1. The van der Waals surface area contributed by atoms with E-state index in [9.17, 15) is 40.2 Å². The van der Waals surface area contributed by atoms with Crippen molar-refractivity contribution >= 4 is 22.5 Å². The van der Waals surface area contributed by atoms with E-state index in [4.69, 9.17) is 18.9 Å². The number of ketones is 1. The first kappa shape index (κ1) is 37.9. The predicted octanol–water partition coefficient (Wildman–Crippen LogP) is 5.12. The molecule has 10 rings (SSSR count). The lowest BCUT2D eigenvalue weighted by Crippen LogP contribution is -2.71. The van der Waals surface area contributed by atoms with Gasteiger partial charge in [-0.2, -0.15) is 0 Å². The van der Waals surface area contributed by atoms with Crippen LogP contribution < -0.4 is 4.74 Å². The topological polar surface area (TPSA) is 192 Å². The monoisotopic (exact) mass is 786 g/mol. The summed E-state index contributed by atoms with van der Waals surface area (Å²) < 4.78 is 26.6. The number of aromatic hydroxyl groups is 1. The number of carboxylic acid groups (broad SMARTS) is 1. The Morgan fingerprint density at radius 2 is 1.82 bits per heavy atom. The van der Waals surface area contributed by atoms with Gasteiger partial charge in [0.05, 0.1) is 35.3 Å². The lowest BCUT2D eigenvalue weighted by atomic mass is 9.43. The fourth-order valence-corrected chi connectivity index (χ4v) is 14.0. The molecule has 12 heteroatoms. The van der Waals surface area contributed by atoms with Crippen LogP contribution in [0.3, 0.4) is 0 Å². The second kappa shape index (κ2) is 13.3. The number of carbonyl (C=O) groups excluding carboxylic acids is 1. The fourth-order valence-electron chi connectivity index (χ4n) is 14.0.